The average molecular weight is 213 g/mol. The van der Waals surface area contributed by atoms with Gasteiger partial charge < -0.3 is 5.11 Å². The molecule has 3 heteroatoms. The first kappa shape index (κ1) is 12.5. The number of nitrogens with zero attached hydrogens (tertiary/aromatic N) is 1. The molecule has 1 saturated carbocycles. The van der Waals surface area contributed by atoms with Crippen molar-refractivity contribution in [2.45, 2.75) is 40.0 Å². The van der Waals surface area contributed by atoms with E-state index in [1.807, 2.05) is 0 Å². The number of carbonyl (C=O) groups is 1. The number of hydrogen-bond donors (Lipinski definition) is 1. The summed E-state index contributed by atoms with van der Waals surface area (Å²) in [5, 5.41) is 8.80. The largest absolute Gasteiger partial charge is 0.480 e. The van der Waals surface area contributed by atoms with E-state index in [-0.39, 0.29) is 6.54 Å². The second-order valence-electron chi connectivity index (χ2n) is 5.88. The Labute approximate surface area is 92.5 Å². The van der Waals surface area contributed by atoms with Crippen LogP contribution < -0.4 is 0 Å². The first-order valence-electron chi connectivity index (χ1n) is 5.81. The molecule has 1 aliphatic rings. The molecular formula is C12H23NO2. The zero-order chi connectivity index (χ0) is 11.5. The van der Waals surface area contributed by atoms with Crippen LogP contribution in [-0.4, -0.2) is 35.6 Å². The third-order valence-electron chi connectivity index (χ3n) is 2.75. The zero-order valence-corrected chi connectivity index (χ0v) is 10.1. The normalized spacial score (nSPS) is 17.1. The fraction of sp³-hybridized carbons (Fsp3) is 0.917. The zero-order valence-electron chi connectivity index (χ0n) is 10.1. The lowest BCUT2D eigenvalue weighted by Gasteiger charge is -2.25. The Bertz CT molecular complexity index is 216. The third-order valence-corrected chi connectivity index (χ3v) is 2.75. The van der Waals surface area contributed by atoms with Crippen molar-refractivity contribution in [1.82, 2.24) is 4.90 Å². The lowest BCUT2D eigenvalue weighted by Crippen LogP contribution is -2.34. The van der Waals surface area contributed by atoms with Crippen LogP contribution in [0.5, 0.6) is 0 Å². The van der Waals surface area contributed by atoms with Crippen molar-refractivity contribution in [2.75, 3.05) is 19.6 Å². The fourth-order valence-corrected chi connectivity index (χ4v) is 1.59. The van der Waals surface area contributed by atoms with E-state index in [9.17, 15) is 4.79 Å². The molecule has 0 aromatic heterocycles. The van der Waals surface area contributed by atoms with Crippen LogP contribution >= 0.6 is 0 Å². The van der Waals surface area contributed by atoms with Crippen LogP contribution in [0.4, 0.5) is 0 Å². The van der Waals surface area contributed by atoms with E-state index >= 15 is 0 Å². The molecule has 1 N–H and O–H groups in total. The van der Waals surface area contributed by atoms with Crippen LogP contribution in [0.1, 0.15) is 40.0 Å². The van der Waals surface area contributed by atoms with Gasteiger partial charge in [0.1, 0.15) is 0 Å². The van der Waals surface area contributed by atoms with Crippen LogP contribution in [0, 0.1) is 11.3 Å². The van der Waals surface area contributed by atoms with Gasteiger partial charge in [-0.05, 0) is 37.1 Å². The Morgan fingerprint density at radius 1 is 1.40 bits per heavy atom. The third kappa shape index (κ3) is 6.50. The van der Waals surface area contributed by atoms with E-state index in [1.165, 1.54) is 12.8 Å². The molecule has 1 aliphatic carbocycles. The van der Waals surface area contributed by atoms with E-state index in [2.05, 4.69) is 25.7 Å². The molecule has 0 saturated heterocycles. The summed E-state index contributed by atoms with van der Waals surface area (Å²) in [5.41, 5.74) is 0.292. The maximum atomic E-state index is 10.7. The highest BCUT2D eigenvalue weighted by Gasteiger charge is 2.25. The lowest BCUT2D eigenvalue weighted by atomic mass is 9.92. The molecule has 1 rings (SSSR count). The fourth-order valence-electron chi connectivity index (χ4n) is 1.59. The molecule has 0 amide bonds. The van der Waals surface area contributed by atoms with Gasteiger partial charge in [0, 0.05) is 6.54 Å². The van der Waals surface area contributed by atoms with E-state index in [4.69, 9.17) is 5.11 Å². The van der Waals surface area contributed by atoms with Gasteiger partial charge in [-0.2, -0.15) is 0 Å². The summed E-state index contributed by atoms with van der Waals surface area (Å²) in [5.74, 6) is 0.0638. The predicted molar refractivity (Wildman–Crippen MR) is 60.9 cm³/mol. The maximum Gasteiger partial charge on any atom is 0.317 e. The van der Waals surface area contributed by atoms with Crippen LogP contribution in [0.25, 0.3) is 0 Å². The van der Waals surface area contributed by atoms with Crippen molar-refractivity contribution in [2.24, 2.45) is 11.3 Å². The van der Waals surface area contributed by atoms with Crippen molar-refractivity contribution < 1.29 is 9.90 Å². The predicted octanol–water partition coefficient (Wildman–Crippen LogP) is 2.22. The first-order valence-corrected chi connectivity index (χ1v) is 5.81. The molecule has 15 heavy (non-hydrogen) atoms. The quantitative estimate of drug-likeness (QED) is 0.735. The summed E-state index contributed by atoms with van der Waals surface area (Å²) in [6, 6.07) is 0. The van der Waals surface area contributed by atoms with Crippen LogP contribution in [0.2, 0.25) is 0 Å². The molecule has 3 nitrogen and oxygen atoms in total. The van der Waals surface area contributed by atoms with Gasteiger partial charge in [-0.15, -0.1) is 0 Å². The minimum atomic E-state index is -0.704. The van der Waals surface area contributed by atoms with Crippen molar-refractivity contribution in [3.8, 4) is 0 Å². The highest BCUT2D eigenvalue weighted by molar-refractivity contribution is 5.69. The Balaban J connectivity index is 2.30. The topological polar surface area (TPSA) is 40.5 Å². The van der Waals surface area contributed by atoms with Gasteiger partial charge in [-0.3, -0.25) is 9.69 Å². The summed E-state index contributed by atoms with van der Waals surface area (Å²) in [7, 11) is 0. The number of carboxylic acids is 1. The molecule has 0 aromatic rings. The summed E-state index contributed by atoms with van der Waals surface area (Å²) >= 11 is 0. The molecular weight excluding hydrogens is 190 g/mol. The van der Waals surface area contributed by atoms with Gasteiger partial charge in [0.05, 0.1) is 6.54 Å². The highest BCUT2D eigenvalue weighted by atomic mass is 16.4. The number of rotatable bonds is 6. The van der Waals surface area contributed by atoms with Crippen LogP contribution in [0.15, 0.2) is 0 Å². The Morgan fingerprint density at radius 2 is 2.00 bits per heavy atom. The average Bonchev–Trinajstić information content (AvgIpc) is 2.81. The van der Waals surface area contributed by atoms with Gasteiger partial charge in [0.15, 0.2) is 0 Å². The monoisotopic (exact) mass is 213 g/mol. The summed E-state index contributed by atoms with van der Waals surface area (Å²) in [6.45, 7) is 8.68. The molecule has 0 atom stereocenters. The molecule has 0 bridgehead atoms. The van der Waals surface area contributed by atoms with Gasteiger partial charge in [-0.1, -0.05) is 20.8 Å². The second-order valence-corrected chi connectivity index (χ2v) is 5.88. The SMILES string of the molecule is CC(C)(C)CCN(CC(=O)O)CC1CC1. The van der Waals surface area contributed by atoms with E-state index < -0.39 is 5.97 Å². The van der Waals surface area contributed by atoms with Gasteiger partial charge in [0.2, 0.25) is 0 Å². The molecule has 1 fully saturated rings. The van der Waals surface area contributed by atoms with Crippen molar-refractivity contribution in [3.05, 3.63) is 0 Å². The number of hydrogen-bond acceptors (Lipinski definition) is 2. The van der Waals surface area contributed by atoms with Crippen LogP contribution in [0.3, 0.4) is 0 Å². The van der Waals surface area contributed by atoms with Gasteiger partial charge in [0.25, 0.3) is 0 Å². The van der Waals surface area contributed by atoms with Gasteiger partial charge in [-0.25, -0.2) is 0 Å². The molecule has 88 valence electrons. The second kappa shape index (κ2) is 4.97. The molecule has 0 aromatic carbocycles. The minimum Gasteiger partial charge on any atom is -0.480 e. The van der Waals surface area contributed by atoms with Crippen molar-refractivity contribution in [1.29, 1.82) is 0 Å². The minimum absolute atomic E-state index is 0.201. The molecule has 0 radical (unpaired) electrons. The number of carboxylic acid groups (broad SMARTS) is 1. The number of aliphatic carboxylic acids is 1. The van der Waals surface area contributed by atoms with Crippen molar-refractivity contribution in [3.63, 3.8) is 0 Å². The Hall–Kier alpha value is -0.570. The summed E-state index contributed by atoms with van der Waals surface area (Å²) in [6.07, 6.45) is 3.63. The Morgan fingerprint density at radius 3 is 2.40 bits per heavy atom. The molecule has 0 aliphatic heterocycles. The molecule has 0 spiro atoms. The van der Waals surface area contributed by atoms with E-state index in [0.29, 0.717) is 5.41 Å². The van der Waals surface area contributed by atoms with Crippen molar-refractivity contribution >= 4 is 5.97 Å². The summed E-state index contributed by atoms with van der Waals surface area (Å²) in [4.78, 5) is 12.8. The first-order chi connectivity index (χ1) is 6.87. The molecule has 0 unspecified atom stereocenters. The highest BCUT2D eigenvalue weighted by Crippen LogP contribution is 2.30. The van der Waals surface area contributed by atoms with Crippen LogP contribution in [-0.2, 0) is 4.79 Å². The van der Waals surface area contributed by atoms with E-state index in [0.717, 1.165) is 25.4 Å². The van der Waals surface area contributed by atoms with E-state index in [1.54, 1.807) is 0 Å². The standard InChI is InChI=1S/C12H23NO2/c1-12(2,3)6-7-13(9-11(14)15)8-10-4-5-10/h10H,4-9H2,1-3H3,(H,14,15). The summed E-state index contributed by atoms with van der Waals surface area (Å²) < 4.78 is 0. The smallest absolute Gasteiger partial charge is 0.317 e. The molecule has 0 heterocycles. The maximum absolute atomic E-state index is 10.7. The Kier molecular flexibility index (Phi) is 4.14. The lowest BCUT2D eigenvalue weighted by molar-refractivity contribution is -0.138. The van der Waals surface area contributed by atoms with Gasteiger partial charge >= 0.3 is 5.97 Å².